The minimum atomic E-state index is -0.618. The predicted octanol–water partition coefficient (Wildman–Crippen LogP) is 1.14. The first-order valence-corrected chi connectivity index (χ1v) is 6.34. The maximum atomic E-state index is 11.9. The van der Waals surface area contributed by atoms with E-state index >= 15 is 0 Å². The number of nitrogens with zero attached hydrogens (tertiary/aromatic N) is 2. The maximum Gasteiger partial charge on any atom is 0.327 e. The van der Waals surface area contributed by atoms with Crippen LogP contribution < -0.4 is 4.74 Å². The van der Waals surface area contributed by atoms with Crippen LogP contribution in [0.2, 0.25) is 0 Å². The number of aliphatic hydroxyl groups is 1. The molecule has 108 valence electrons. The van der Waals surface area contributed by atoms with Crippen molar-refractivity contribution < 1.29 is 19.4 Å². The second-order valence-electron chi connectivity index (χ2n) is 4.87. The molecule has 6 heteroatoms. The van der Waals surface area contributed by atoms with Crippen LogP contribution in [0.1, 0.15) is 24.2 Å². The summed E-state index contributed by atoms with van der Waals surface area (Å²) in [7, 11) is 3.12. The fraction of sp³-hybridized carbons (Fsp3) is 0.429. The molecule has 0 radical (unpaired) electrons. The Hall–Kier alpha value is -2.08. The van der Waals surface area contributed by atoms with E-state index in [1.807, 2.05) is 0 Å². The van der Waals surface area contributed by atoms with Gasteiger partial charge in [0, 0.05) is 12.6 Å². The van der Waals surface area contributed by atoms with E-state index in [4.69, 9.17) is 4.74 Å². The Morgan fingerprint density at radius 3 is 2.60 bits per heavy atom. The first kappa shape index (κ1) is 14.3. The van der Waals surface area contributed by atoms with E-state index in [1.54, 1.807) is 32.2 Å². The van der Waals surface area contributed by atoms with Crippen molar-refractivity contribution in [3.63, 3.8) is 0 Å². The fourth-order valence-electron chi connectivity index (χ4n) is 2.18. The highest BCUT2D eigenvalue weighted by molar-refractivity contribution is 6.01. The van der Waals surface area contributed by atoms with Gasteiger partial charge in [-0.2, -0.15) is 0 Å². The van der Waals surface area contributed by atoms with Gasteiger partial charge < -0.3 is 14.7 Å². The summed E-state index contributed by atoms with van der Waals surface area (Å²) in [4.78, 5) is 26.2. The van der Waals surface area contributed by atoms with Crippen molar-refractivity contribution in [3.05, 3.63) is 29.3 Å². The van der Waals surface area contributed by atoms with Gasteiger partial charge in [-0.3, -0.25) is 9.69 Å². The largest absolute Gasteiger partial charge is 0.496 e. The van der Waals surface area contributed by atoms with Crippen LogP contribution in [0.5, 0.6) is 5.75 Å². The summed E-state index contributed by atoms with van der Waals surface area (Å²) in [6.45, 7) is 1.90. The van der Waals surface area contributed by atoms with E-state index in [2.05, 4.69) is 0 Å². The van der Waals surface area contributed by atoms with Gasteiger partial charge in [0.15, 0.2) is 0 Å². The van der Waals surface area contributed by atoms with Crippen LogP contribution in [-0.2, 0) is 11.3 Å². The summed E-state index contributed by atoms with van der Waals surface area (Å²) in [6, 6.07) is 4.92. The average molecular weight is 278 g/mol. The highest BCUT2D eigenvalue weighted by Crippen LogP contribution is 2.26. The molecule has 1 saturated heterocycles. The Morgan fingerprint density at radius 2 is 2.10 bits per heavy atom. The molecule has 2 rings (SSSR count). The van der Waals surface area contributed by atoms with Crippen molar-refractivity contribution in [2.24, 2.45) is 0 Å². The summed E-state index contributed by atoms with van der Waals surface area (Å²) < 4.78 is 5.24. The number of likely N-dealkylation sites (N-methyl/N-ethyl adjacent to an activating group) is 1. The van der Waals surface area contributed by atoms with Crippen LogP contribution in [0.3, 0.4) is 0 Å². The molecular weight excluding hydrogens is 260 g/mol. The van der Waals surface area contributed by atoms with Crippen molar-refractivity contribution in [1.82, 2.24) is 9.80 Å². The van der Waals surface area contributed by atoms with Gasteiger partial charge in [-0.1, -0.05) is 6.07 Å². The first-order chi connectivity index (χ1) is 9.43. The van der Waals surface area contributed by atoms with Gasteiger partial charge in [-0.05, 0) is 24.6 Å². The summed E-state index contributed by atoms with van der Waals surface area (Å²) in [5.41, 5.74) is 1.41. The third-order valence-electron chi connectivity index (χ3n) is 3.35. The third-order valence-corrected chi connectivity index (χ3v) is 3.35. The first-order valence-electron chi connectivity index (χ1n) is 6.34. The van der Waals surface area contributed by atoms with E-state index in [-0.39, 0.29) is 25.0 Å². The van der Waals surface area contributed by atoms with Crippen molar-refractivity contribution in [3.8, 4) is 5.75 Å². The van der Waals surface area contributed by atoms with Gasteiger partial charge in [0.2, 0.25) is 0 Å². The van der Waals surface area contributed by atoms with Crippen LogP contribution >= 0.6 is 0 Å². The smallest absolute Gasteiger partial charge is 0.327 e. The Morgan fingerprint density at radius 1 is 1.40 bits per heavy atom. The Balaban J connectivity index is 2.30. The number of carbonyl (C=O) groups excluding carboxylic acids is 2. The standard InChI is InChI=1S/C14H18N2O4/c1-9(17)10-4-5-12(20-3)11(6-10)7-16-13(18)8-15(2)14(16)19/h4-6,9,17H,7-8H2,1-3H3. The van der Waals surface area contributed by atoms with Crippen LogP contribution in [-0.4, -0.2) is 47.5 Å². The number of amides is 3. The second-order valence-corrected chi connectivity index (χ2v) is 4.87. The van der Waals surface area contributed by atoms with Crippen LogP contribution in [0, 0.1) is 0 Å². The highest BCUT2D eigenvalue weighted by atomic mass is 16.5. The van der Waals surface area contributed by atoms with Crippen LogP contribution in [0.4, 0.5) is 4.79 Å². The molecule has 0 aliphatic carbocycles. The van der Waals surface area contributed by atoms with Crippen molar-refractivity contribution in [2.75, 3.05) is 20.7 Å². The molecule has 1 unspecified atom stereocenters. The molecule has 1 N–H and O–H groups in total. The van der Waals surface area contributed by atoms with Gasteiger partial charge >= 0.3 is 6.03 Å². The zero-order valence-corrected chi connectivity index (χ0v) is 11.8. The minimum Gasteiger partial charge on any atom is -0.496 e. The average Bonchev–Trinajstić information content (AvgIpc) is 2.65. The van der Waals surface area contributed by atoms with Gasteiger partial charge in [-0.15, -0.1) is 0 Å². The van der Waals surface area contributed by atoms with E-state index in [1.165, 1.54) is 16.9 Å². The molecule has 6 nitrogen and oxygen atoms in total. The zero-order valence-electron chi connectivity index (χ0n) is 11.8. The molecule has 1 aliphatic rings. The monoisotopic (exact) mass is 278 g/mol. The number of aliphatic hydroxyl groups excluding tert-OH is 1. The molecule has 20 heavy (non-hydrogen) atoms. The van der Waals surface area contributed by atoms with E-state index in [0.717, 1.165) is 0 Å². The lowest BCUT2D eigenvalue weighted by Gasteiger charge is -2.17. The molecule has 1 aromatic carbocycles. The number of urea groups is 1. The number of hydrogen-bond acceptors (Lipinski definition) is 4. The fourth-order valence-corrected chi connectivity index (χ4v) is 2.18. The molecule has 1 fully saturated rings. The summed E-state index contributed by atoms with van der Waals surface area (Å²) in [6.07, 6.45) is -0.618. The van der Waals surface area contributed by atoms with Gasteiger partial charge in [0.05, 0.1) is 19.8 Å². The zero-order chi connectivity index (χ0) is 14.9. The number of carbonyl (C=O) groups is 2. The normalized spacial score (nSPS) is 16.8. The molecule has 1 atom stereocenters. The molecule has 0 saturated carbocycles. The Bertz CT molecular complexity index is 542. The van der Waals surface area contributed by atoms with Crippen molar-refractivity contribution in [2.45, 2.75) is 19.6 Å². The van der Waals surface area contributed by atoms with Gasteiger partial charge in [0.25, 0.3) is 5.91 Å². The summed E-state index contributed by atoms with van der Waals surface area (Å²) in [5, 5.41) is 9.62. The number of imide groups is 1. The maximum absolute atomic E-state index is 11.9. The third kappa shape index (κ3) is 2.60. The molecule has 0 bridgehead atoms. The molecule has 1 aromatic rings. The number of benzene rings is 1. The molecule has 0 spiro atoms. The topological polar surface area (TPSA) is 70.1 Å². The van der Waals surface area contributed by atoms with Crippen LogP contribution in [0.25, 0.3) is 0 Å². The molecule has 1 heterocycles. The number of ether oxygens (including phenoxy) is 1. The van der Waals surface area contributed by atoms with E-state index < -0.39 is 6.10 Å². The van der Waals surface area contributed by atoms with Crippen LogP contribution in [0.15, 0.2) is 18.2 Å². The summed E-state index contributed by atoms with van der Waals surface area (Å²) in [5.74, 6) is 0.353. The van der Waals surface area contributed by atoms with E-state index in [0.29, 0.717) is 16.9 Å². The molecular formula is C14H18N2O4. The quantitative estimate of drug-likeness (QED) is 0.839. The van der Waals surface area contributed by atoms with Gasteiger partial charge in [0.1, 0.15) is 12.3 Å². The Kier molecular flexibility index (Phi) is 3.94. The van der Waals surface area contributed by atoms with Gasteiger partial charge in [-0.25, -0.2) is 4.79 Å². The van der Waals surface area contributed by atoms with Crippen molar-refractivity contribution >= 4 is 11.9 Å². The molecule has 3 amide bonds. The lowest BCUT2D eigenvalue weighted by atomic mass is 10.1. The number of rotatable bonds is 4. The minimum absolute atomic E-state index is 0.0945. The number of methoxy groups -OCH3 is 1. The predicted molar refractivity (Wildman–Crippen MR) is 72.2 cm³/mol. The lowest BCUT2D eigenvalue weighted by Crippen LogP contribution is -2.31. The number of hydrogen-bond donors (Lipinski definition) is 1. The lowest BCUT2D eigenvalue weighted by molar-refractivity contribution is -0.125. The SMILES string of the molecule is COc1ccc(C(C)O)cc1CN1C(=O)CN(C)C1=O. The Labute approximate surface area is 117 Å². The van der Waals surface area contributed by atoms with Crippen molar-refractivity contribution in [1.29, 1.82) is 0 Å². The molecule has 1 aliphatic heterocycles. The summed E-state index contributed by atoms with van der Waals surface area (Å²) >= 11 is 0. The van der Waals surface area contributed by atoms with E-state index in [9.17, 15) is 14.7 Å². The second kappa shape index (κ2) is 5.50. The molecule has 0 aromatic heterocycles. The highest BCUT2D eigenvalue weighted by Gasteiger charge is 2.33.